The van der Waals surface area contributed by atoms with Crippen LogP contribution in [-0.2, 0) is 14.8 Å². The van der Waals surface area contributed by atoms with E-state index >= 15 is 0 Å². The van der Waals surface area contributed by atoms with Gasteiger partial charge in [0.1, 0.15) is 19.3 Å². The second-order valence-electron chi connectivity index (χ2n) is 8.35. The van der Waals surface area contributed by atoms with Gasteiger partial charge in [-0.3, -0.25) is 9.10 Å². The number of fused-ring (bicyclic) bond motifs is 1. The molecule has 1 aliphatic heterocycles. The minimum Gasteiger partial charge on any atom is -0.486 e. The molecular weight excluding hydrogens is 452 g/mol. The number of carbonyl (C=O) groups excluding carboxylic acids is 1. The molecule has 7 nitrogen and oxygen atoms in total. The van der Waals surface area contributed by atoms with Crippen molar-refractivity contribution in [3.05, 3.63) is 83.4 Å². The molecule has 0 radical (unpaired) electrons. The van der Waals surface area contributed by atoms with Crippen molar-refractivity contribution in [1.82, 2.24) is 5.32 Å². The number of nitrogens with one attached hydrogen (secondary N) is 1. The Bertz CT molecular complexity index is 1290. The molecule has 0 saturated carbocycles. The van der Waals surface area contributed by atoms with Gasteiger partial charge in [0.05, 0.1) is 17.1 Å². The van der Waals surface area contributed by atoms with Crippen LogP contribution in [0.25, 0.3) is 0 Å². The van der Waals surface area contributed by atoms with E-state index in [-0.39, 0.29) is 24.1 Å². The number of rotatable bonds is 7. The molecule has 1 heterocycles. The van der Waals surface area contributed by atoms with E-state index in [1.54, 1.807) is 42.5 Å². The summed E-state index contributed by atoms with van der Waals surface area (Å²) in [7, 11) is -3.97. The normalized spacial score (nSPS) is 15.0. The van der Waals surface area contributed by atoms with Gasteiger partial charge in [-0.05, 0) is 62.2 Å². The molecular formula is C26H28N2O5S. The first-order valence-electron chi connectivity index (χ1n) is 11.1. The van der Waals surface area contributed by atoms with E-state index in [0.717, 1.165) is 16.7 Å². The van der Waals surface area contributed by atoms with Gasteiger partial charge in [-0.2, -0.15) is 0 Å². The van der Waals surface area contributed by atoms with Crippen molar-refractivity contribution in [1.29, 1.82) is 0 Å². The molecule has 1 amide bonds. The number of hydrogen-bond donors (Lipinski definition) is 1. The van der Waals surface area contributed by atoms with Crippen LogP contribution in [0.15, 0.2) is 71.6 Å². The number of para-hydroxylation sites is 2. The molecule has 3 aromatic carbocycles. The number of anilines is 1. The molecule has 0 unspecified atom stereocenters. The van der Waals surface area contributed by atoms with E-state index in [1.165, 1.54) is 4.31 Å². The fraction of sp³-hybridized carbons (Fsp3) is 0.269. The summed E-state index contributed by atoms with van der Waals surface area (Å²) in [4.78, 5) is 13.1. The summed E-state index contributed by atoms with van der Waals surface area (Å²) in [6, 6.07) is 19.4. The maximum Gasteiger partial charge on any atom is 0.264 e. The Kier molecular flexibility index (Phi) is 6.79. The van der Waals surface area contributed by atoms with Gasteiger partial charge in [0.2, 0.25) is 5.91 Å². The van der Waals surface area contributed by atoms with Crippen LogP contribution in [-0.4, -0.2) is 40.1 Å². The van der Waals surface area contributed by atoms with Crippen LogP contribution < -0.4 is 19.1 Å². The molecule has 0 fully saturated rings. The lowest BCUT2D eigenvalue weighted by Crippen LogP contribution is -2.45. The highest BCUT2D eigenvalue weighted by Gasteiger charge is 2.29. The molecule has 1 N–H and O–H groups in total. The number of hydrogen-bond acceptors (Lipinski definition) is 5. The van der Waals surface area contributed by atoms with Gasteiger partial charge in [0, 0.05) is 0 Å². The molecule has 0 bridgehead atoms. The van der Waals surface area contributed by atoms with Crippen LogP contribution in [0.1, 0.15) is 16.7 Å². The van der Waals surface area contributed by atoms with Crippen molar-refractivity contribution >= 4 is 21.6 Å². The maximum absolute atomic E-state index is 13.6. The molecule has 1 aliphatic rings. The summed E-state index contributed by atoms with van der Waals surface area (Å²) in [6.07, 6.45) is -0.373. The van der Waals surface area contributed by atoms with Crippen molar-refractivity contribution in [2.75, 3.05) is 24.0 Å². The largest absolute Gasteiger partial charge is 0.486 e. The average Bonchev–Trinajstić information content (AvgIpc) is 2.83. The number of amides is 1. The highest BCUT2D eigenvalue weighted by molar-refractivity contribution is 7.92. The summed E-state index contributed by atoms with van der Waals surface area (Å²) in [5.74, 6) is 0.848. The van der Waals surface area contributed by atoms with Crippen molar-refractivity contribution < 1.29 is 22.7 Å². The van der Waals surface area contributed by atoms with Gasteiger partial charge < -0.3 is 14.8 Å². The zero-order valence-corrected chi connectivity index (χ0v) is 20.3. The first-order valence-corrected chi connectivity index (χ1v) is 12.5. The standard InChI is InChI=1S/C26H28N2O5S/c1-18-11-13-22(14-12-18)34(30,31)28(23-8-6-7-19(2)20(23)3)16-26(29)27-15-21-17-32-24-9-4-5-10-25(24)33-21/h4-14,21H,15-17H2,1-3H3,(H,27,29)/t21-/m0/s1. The molecule has 34 heavy (non-hydrogen) atoms. The summed E-state index contributed by atoms with van der Waals surface area (Å²) >= 11 is 0. The van der Waals surface area contributed by atoms with Crippen LogP contribution in [0.2, 0.25) is 0 Å². The lowest BCUT2D eigenvalue weighted by atomic mass is 10.1. The summed E-state index contributed by atoms with van der Waals surface area (Å²) < 4.78 is 39.9. The lowest BCUT2D eigenvalue weighted by molar-refractivity contribution is -0.120. The van der Waals surface area contributed by atoms with Crippen molar-refractivity contribution in [3.63, 3.8) is 0 Å². The number of nitrogens with zero attached hydrogens (tertiary/aromatic N) is 1. The zero-order valence-electron chi connectivity index (χ0n) is 19.4. The van der Waals surface area contributed by atoms with Gasteiger partial charge in [-0.1, -0.05) is 42.0 Å². The summed E-state index contributed by atoms with van der Waals surface area (Å²) in [5, 5.41) is 2.80. The Morgan fingerprint density at radius 3 is 2.41 bits per heavy atom. The zero-order chi connectivity index (χ0) is 24.3. The van der Waals surface area contributed by atoms with E-state index in [9.17, 15) is 13.2 Å². The van der Waals surface area contributed by atoms with E-state index in [2.05, 4.69) is 5.32 Å². The smallest absolute Gasteiger partial charge is 0.264 e. The van der Waals surface area contributed by atoms with Crippen LogP contribution in [0.5, 0.6) is 11.5 Å². The Hall–Kier alpha value is -3.52. The minimum absolute atomic E-state index is 0.132. The predicted octanol–water partition coefficient (Wildman–Crippen LogP) is 3.76. The molecule has 1 atom stereocenters. The first kappa shape index (κ1) is 23.6. The van der Waals surface area contributed by atoms with Crippen LogP contribution >= 0.6 is 0 Å². The van der Waals surface area contributed by atoms with E-state index in [4.69, 9.17) is 9.47 Å². The second-order valence-corrected chi connectivity index (χ2v) is 10.2. The monoisotopic (exact) mass is 480 g/mol. The molecule has 4 rings (SSSR count). The second kappa shape index (κ2) is 9.77. The third-order valence-corrected chi connectivity index (χ3v) is 7.61. The Labute approximate surface area is 200 Å². The molecule has 0 saturated heterocycles. The SMILES string of the molecule is Cc1ccc(S(=O)(=O)N(CC(=O)NC[C@H]2COc3ccccc3O2)c2cccc(C)c2C)cc1. The van der Waals surface area contributed by atoms with Gasteiger partial charge in [-0.25, -0.2) is 8.42 Å². The number of ether oxygens (including phenoxy) is 2. The third kappa shape index (κ3) is 5.02. The Morgan fingerprint density at radius 2 is 1.68 bits per heavy atom. The molecule has 178 valence electrons. The van der Waals surface area contributed by atoms with Crippen molar-refractivity contribution in [2.24, 2.45) is 0 Å². The molecule has 3 aromatic rings. The number of carbonyl (C=O) groups is 1. The molecule has 0 aliphatic carbocycles. The van der Waals surface area contributed by atoms with Crippen molar-refractivity contribution in [2.45, 2.75) is 31.8 Å². The molecule has 0 spiro atoms. The molecule has 0 aromatic heterocycles. The maximum atomic E-state index is 13.6. The highest BCUT2D eigenvalue weighted by Crippen LogP contribution is 2.31. The van der Waals surface area contributed by atoms with Crippen molar-refractivity contribution in [3.8, 4) is 11.5 Å². The average molecular weight is 481 g/mol. The van der Waals surface area contributed by atoms with Crippen LogP contribution in [0.4, 0.5) is 5.69 Å². The number of sulfonamides is 1. The Morgan fingerprint density at radius 1 is 0.971 bits per heavy atom. The quantitative estimate of drug-likeness (QED) is 0.557. The molecule has 8 heteroatoms. The first-order chi connectivity index (χ1) is 16.3. The van der Waals surface area contributed by atoms with E-state index in [0.29, 0.717) is 23.8 Å². The van der Waals surface area contributed by atoms with Gasteiger partial charge in [0.15, 0.2) is 11.5 Å². The number of aryl methyl sites for hydroxylation is 2. The van der Waals surface area contributed by atoms with Gasteiger partial charge >= 0.3 is 0 Å². The fourth-order valence-electron chi connectivity index (χ4n) is 3.72. The van der Waals surface area contributed by atoms with E-state index in [1.807, 2.05) is 45.0 Å². The minimum atomic E-state index is -3.97. The predicted molar refractivity (Wildman–Crippen MR) is 131 cm³/mol. The Balaban J connectivity index is 1.53. The number of benzene rings is 3. The van der Waals surface area contributed by atoms with Gasteiger partial charge in [0.25, 0.3) is 10.0 Å². The summed E-state index contributed by atoms with van der Waals surface area (Å²) in [5.41, 5.74) is 3.16. The van der Waals surface area contributed by atoms with Crippen LogP contribution in [0, 0.1) is 20.8 Å². The van der Waals surface area contributed by atoms with Gasteiger partial charge in [-0.15, -0.1) is 0 Å². The highest BCUT2D eigenvalue weighted by atomic mass is 32.2. The summed E-state index contributed by atoms with van der Waals surface area (Å²) in [6.45, 7) is 5.78. The third-order valence-electron chi connectivity index (χ3n) is 5.84. The lowest BCUT2D eigenvalue weighted by Gasteiger charge is -2.28. The topological polar surface area (TPSA) is 84.9 Å². The van der Waals surface area contributed by atoms with Crippen LogP contribution in [0.3, 0.4) is 0 Å². The van der Waals surface area contributed by atoms with E-state index < -0.39 is 15.9 Å². The fourth-order valence-corrected chi connectivity index (χ4v) is 5.20.